The number of amides is 2. The molecule has 1 fully saturated rings. The molecule has 36 heavy (non-hydrogen) atoms. The maximum atomic E-state index is 12.6. The van der Waals surface area contributed by atoms with Crippen LogP contribution in [0.25, 0.3) is 0 Å². The molecule has 2 N–H and O–H groups in total. The number of methoxy groups -OCH3 is 1. The molecule has 0 radical (unpaired) electrons. The molecule has 3 aromatic carbocycles. The van der Waals surface area contributed by atoms with E-state index in [1.165, 1.54) is 24.8 Å². The van der Waals surface area contributed by atoms with Crippen LogP contribution in [0.4, 0.5) is 0 Å². The molecular weight excluding hydrogens is 458 g/mol. The Morgan fingerprint density at radius 3 is 2.47 bits per heavy atom. The van der Waals surface area contributed by atoms with Crippen LogP contribution in [-0.4, -0.2) is 48.2 Å². The average molecular weight is 488 g/mol. The second kappa shape index (κ2) is 11.9. The smallest absolute Gasteiger partial charge is 0.275 e. The van der Waals surface area contributed by atoms with Crippen molar-refractivity contribution >= 4 is 18.0 Å². The average Bonchev–Trinajstić information content (AvgIpc) is 2.92. The minimum atomic E-state index is -0.514. The van der Waals surface area contributed by atoms with E-state index in [9.17, 15) is 14.7 Å². The van der Waals surface area contributed by atoms with Crippen molar-refractivity contribution in [2.75, 3.05) is 20.2 Å². The number of phenols is 1. The van der Waals surface area contributed by atoms with Gasteiger partial charge in [0.2, 0.25) is 0 Å². The second-order valence-electron chi connectivity index (χ2n) is 8.47. The number of benzene rings is 3. The summed E-state index contributed by atoms with van der Waals surface area (Å²) in [5, 5.41) is 13.7. The fourth-order valence-corrected chi connectivity index (χ4v) is 3.96. The zero-order chi connectivity index (χ0) is 25.3. The lowest BCUT2D eigenvalue weighted by molar-refractivity contribution is 0.0724. The Hall–Kier alpha value is -4.33. The number of hydrogen-bond donors (Lipinski definition) is 2. The van der Waals surface area contributed by atoms with E-state index >= 15 is 0 Å². The standard InChI is InChI=1S/C28H29N3O5/c1-35-26-17-21(18-29-30-27(33)23-7-3-4-8-24(23)32)11-14-25(26)36-19-20-9-12-22(13-10-20)28(34)31-15-5-2-6-16-31/h3-4,7-14,17-18,32H,2,5-6,15-16,19H2,1H3,(H,30,33)/b29-18+. The van der Waals surface area contributed by atoms with Crippen molar-refractivity contribution in [3.8, 4) is 17.2 Å². The fourth-order valence-electron chi connectivity index (χ4n) is 3.96. The first-order valence-corrected chi connectivity index (χ1v) is 11.9. The Balaban J connectivity index is 1.33. The van der Waals surface area contributed by atoms with Crippen LogP contribution in [0.1, 0.15) is 51.1 Å². The van der Waals surface area contributed by atoms with Crippen molar-refractivity contribution < 1.29 is 24.2 Å². The molecule has 1 heterocycles. The third kappa shape index (κ3) is 6.21. The number of carbonyl (C=O) groups excluding carboxylic acids is 2. The predicted octanol–water partition coefficient (Wildman–Crippen LogP) is 4.37. The molecule has 8 heteroatoms. The van der Waals surface area contributed by atoms with Crippen molar-refractivity contribution in [3.63, 3.8) is 0 Å². The van der Waals surface area contributed by atoms with Crippen LogP contribution in [0, 0.1) is 0 Å². The molecule has 0 aliphatic carbocycles. The normalized spacial score (nSPS) is 13.4. The molecule has 3 aromatic rings. The monoisotopic (exact) mass is 487 g/mol. The van der Waals surface area contributed by atoms with E-state index in [-0.39, 0.29) is 17.2 Å². The van der Waals surface area contributed by atoms with Gasteiger partial charge in [0.05, 0.1) is 18.9 Å². The highest BCUT2D eigenvalue weighted by Crippen LogP contribution is 2.28. The lowest BCUT2D eigenvalue weighted by Gasteiger charge is -2.26. The number of carbonyl (C=O) groups is 2. The van der Waals surface area contributed by atoms with Gasteiger partial charge in [0.25, 0.3) is 11.8 Å². The molecule has 186 valence electrons. The SMILES string of the molecule is COc1cc(/C=N/NC(=O)c2ccccc2O)ccc1OCc1ccc(C(=O)N2CCCCC2)cc1. The van der Waals surface area contributed by atoms with E-state index in [0.717, 1.165) is 31.5 Å². The van der Waals surface area contributed by atoms with Crippen LogP contribution in [0.2, 0.25) is 0 Å². The Labute approximate surface area is 210 Å². The number of hydrazone groups is 1. The summed E-state index contributed by atoms with van der Waals surface area (Å²) in [5.74, 6) is 0.526. The van der Waals surface area contributed by atoms with Crippen LogP contribution in [0.15, 0.2) is 71.8 Å². The molecule has 0 aromatic heterocycles. The molecule has 1 aliphatic heterocycles. The minimum Gasteiger partial charge on any atom is -0.507 e. The maximum absolute atomic E-state index is 12.6. The second-order valence-corrected chi connectivity index (χ2v) is 8.47. The number of para-hydroxylation sites is 1. The highest BCUT2D eigenvalue weighted by Gasteiger charge is 2.18. The number of nitrogens with one attached hydrogen (secondary N) is 1. The highest BCUT2D eigenvalue weighted by molar-refractivity contribution is 5.97. The van der Waals surface area contributed by atoms with Crippen molar-refractivity contribution in [1.82, 2.24) is 10.3 Å². The Bertz CT molecular complexity index is 1230. The molecule has 1 aliphatic rings. The van der Waals surface area contributed by atoms with Gasteiger partial charge in [0.15, 0.2) is 11.5 Å². The van der Waals surface area contributed by atoms with E-state index in [4.69, 9.17) is 9.47 Å². The van der Waals surface area contributed by atoms with Gasteiger partial charge in [0, 0.05) is 18.7 Å². The first-order chi connectivity index (χ1) is 17.5. The van der Waals surface area contributed by atoms with Gasteiger partial charge in [-0.15, -0.1) is 0 Å². The zero-order valence-electron chi connectivity index (χ0n) is 20.1. The van der Waals surface area contributed by atoms with E-state index < -0.39 is 5.91 Å². The van der Waals surface area contributed by atoms with Gasteiger partial charge in [-0.05, 0) is 72.9 Å². The topological polar surface area (TPSA) is 100 Å². The lowest BCUT2D eigenvalue weighted by atomic mass is 10.1. The van der Waals surface area contributed by atoms with Gasteiger partial charge in [-0.25, -0.2) is 5.43 Å². The Morgan fingerprint density at radius 2 is 1.75 bits per heavy atom. The molecule has 0 bridgehead atoms. The summed E-state index contributed by atoms with van der Waals surface area (Å²) in [7, 11) is 1.55. The number of aromatic hydroxyl groups is 1. The van der Waals surface area contributed by atoms with Crippen molar-refractivity contribution in [1.29, 1.82) is 0 Å². The van der Waals surface area contributed by atoms with Crippen molar-refractivity contribution in [2.45, 2.75) is 25.9 Å². The van der Waals surface area contributed by atoms with E-state index in [0.29, 0.717) is 29.2 Å². The molecule has 1 saturated heterocycles. The first-order valence-electron chi connectivity index (χ1n) is 11.9. The van der Waals surface area contributed by atoms with E-state index in [1.807, 2.05) is 29.2 Å². The van der Waals surface area contributed by atoms with Crippen LogP contribution in [-0.2, 0) is 6.61 Å². The van der Waals surface area contributed by atoms with Crippen LogP contribution in [0.3, 0.4) is 0 Å². The van der Waals surface area contributed by atoms with Gasteiger partial charge < -0.3 is 19.5 Å². The molecule has 0 spiro atoms. The third-order valence-electron chi connectivity index (χ3n) is 5.95. The third-order valence-corrected chi connectivity index (χ3v) is 5.95. The van der Waals surface area contributed by atoms with Crippen molar-refractivity contribution in [2.24, 2.45) is 5.10 Å². The zero-order valence-corrected chi connectivity index (χ0v) is 20.1. The van der Waals surface area contributed by atoms with Crippen molar-refractivity contribution in [3.05, 3.63) is 89.0 Å². The van der Waals surface area contributed by atoms with Gasteiger partial charge in [0.1, 0.15) is 12.4 Å². The number of likely N-dealkylation sites (tertiary alicyclic amines) is 1. The molecule has 2 amide bonds. The Kier molecular flexibility index (Phi) is 8.18. The quantitative estimate of drug-likeness (QED) is 0.363. The summed E-state index contributed by atoms with van der Waals surface area (Å²) < 4.78 is 11.4. The molecular formula is C28H29N3O5. The summed E-state index contributed by atoms with van der Waals surface area (Å²) >= 11 is 0. The first kappa shape index (κ1) is 24.8. The molecule has 4 rings (SSSR count). The number of piperidine rings is 1. The number of ether oxygens (including phenoxy) is 2. The van der Waals surface area contributed by atoms with Crippen LogP contribution >= 0.6 is 0 Å². The van der Waals surface area contributed by atoms with Gasteiger partial charge in [-0.1, -0.05) is 24.3 Å². The summed E-state index contributed by atoms with van der Waals surface area (Å²) in [6.45, 7) is 1.97. The summed E-state index contributed by atoms with van der Waals surface area (Å²) in [6.07, 6.45) is 4.80. The number of rotatable bonds is 8. The number of hydrogen-bond acceptors (Lipinski definition) is 6. The predicted molar refractivity (Wildman–Crippen MR) is 137 cm³/mol. The van der Waals surface area contributed by atoms with Gasteiger partial charge >= 0.3 is 0 Å². The molecule has 0 atom stereocenters. The van der Waals surface area contributed by atoms with Crippen LogP contribution < -0.4 is 14.9 Å². The van der Waals surface area contributed by atoms with Gasteiger partial charge in [-0.2, -0.15) is 5.10 Å². The summed E-state index contributed by atoms with van der Waals surface area (Å²) in [6, 6.07) is 19.0. The van der Waals surface area contributed by atoms with E-state index in [2.05, 4.69) is 10.5 Å². The molecule has 0 unspecified atom stereocenters. The summed E-state index contributed by atoms with van der Waals surface area (Å²) in [5.41, 5.74) is 4.85. The minimum absolute atomic E-state index is 0.0813. The van der Waals surface area contributed by atoms with Gasteiger partial charge in [-0.3, -0.25) is 9.59 Å². The number of nitrogens with zero attached hydrogens (tertiary/aromatic N) is 2. The Morgan fingerprint density at radius 1 is 1.00 bits per heavy atom. The van der Waals surface area contributed by atoms with E-state index in [1.54, 1.807) is 37.4 Å². The highest BCUT2D eigenvalue weighted by atomic mass is 16.5. The lowest BCUT2D eigenvalue weighted by Crippen LogP contribution is -2.35. The molecule has 8 nitrogen and oxygen atoms in total. The maximum Gasteiger partial charge on any atom is 0.275 e. The fraction of sp³-hybridized carbons (Fsp3) is 0.250. The summed E-state index contributed by atoms with van der Waals surface area (Å²) in [4.78, 5) is 26.7. The van der Waals surface area contributed by atoms with Crippen LogP contribution in [0.5, 0.6) is 17.2 Å². The molecule has 0 saturated carbocycles. The largest absolute Gasteiger partial charge is 0.507 e. The number of phenolic OH excluding ortho intramolecular Hbond substituents is 1.